The van der Waals surface area contributed by atoms with Gasteiger partial charge in [-0.05, 0) is 74.3 Å². The molecule has 2 N–H and O–H groups in total. The van der Waals surface area contributed by atoms with Gasteiger partial charge in [-0.15, -0.1) is 0 Å². The number of benzene rings is 2. The standard InChI is InChI=1S/C26H30FN5O2/c1-31-17-19(16-29-31)22-15-23-18(14-24(22)27)8-9-28-25(23)26(33)30-20-4-6-21(7-5-20)34-13-12-32-10-2-3-11-32/h4-7,14-17,26,30,33H,2-3,8-13H2,1H3. The van der Waals surface area contributed by atoms with Crippen LogP contribution in [0.5, 0.6) is 5.75 Å². The Hall–Kier alpha value is -3.23. The van der Waals surface area contributed by atoms with Crippen LogP contribution in [-0.4, -0.2) is 64.5 Å². The van der Waals surface area contributed by atoms with Gasteiger partial charge in [0.2, 0.25) is 0 Å². The van der Waals surface area contributed by atoms with E-state index in [1.807, 2.05) is 24.3 Å². The summed E-state index contributed by atoms with van der Waals surface area (Å²) in [5.74, 6) is 0.506. The van der Waals surface area contributed by atoms with Gasteiger partial charge in [-0.1, -0.05) is 0 Å². The summed E-state index contributed by atoms with van der Waals surface area (Å²) in [6, 6.07) is 10.9. The summed E-state index contributed by atoms with van der Waals surface area (Å²) in [6.45, 7) is 4.44. The number of ether oxygens (including phenoxy) is 1. The first-order chi connectivity index (χ1) is 16.6. The second-order valence-electron chi connectivity index (χ2n) is 8.88. The van der Waals surface area contributed by atoms with Crippen molar-refractivity contribution in [3.05, 3.63) is 65.7 Å². The third kappa shape index (κ3) is 4.98. The number of nitrogens with zero attached hydrogens (tertiary/aromatic N) is 4. The summed E-state index contributed by atoms with van der Waals surface area (Å²) < 4.78 is 22.3. The zero-order chi connectivity index (χ0) is 23.5. The third-order valence-corrected chi connectivity index (χ3v) is 6.44. The highest BCUT2D eigenvalue weighted by Crippen LogP contribution is 2.29. The van der Waals surface area contributed by atoms with Crippen LogP contribution in [0.15, 0.2) is 53.8 Å². The van der Waals surface area contributed by atoms with E-state index >= 15 is 0 Å². The number of halogens is 1. The van der Waals surface area contributed by atoms with Gasteiger partial charge in [-0.2, -0.15) is 5.10 Å². The van der Waals surface area contributed by atoms with E-state index in [2.05, 4.69) is 20.3 Å². The van der Waals surface area contributed by atoms with Gasteiger partial charge in [-0.3, -0.25) is 14.6 Å². The van der Waals surface area contributed by atoms with Crippen LogP contribution in [0.4, 0.5) is 10.1 Å². The average Bonchev–Trinajstić information content (AvgIpc) is 3.51. The van der Waals surface area contributed by atoms with Crippen LogP contribution < -0.4 is 10.1 Å². The summed E-state index contributed by atoms with van der Waals surface area (Å²) in [7, 11) is 1.80. The van der Waals surface area contributed by atoms with Crippen LogP contribution in [0.2, 0.25) is 0 Å². The summed E-state index contributed by atoms with van der Waals surface area (Å²) in [5, 5.41) is 18.2. The molecule has 2 aliphatic rings. The summed E-state index contributed by atoms with van der Waals surface area (Å²) >= 11 is 0. The van der Waals surface area contributed by atoms with Crippen molar-refractivity contribution in [3.63, 3.8) is 0 Å². The predicted molar refractivity (Wildman–Crippen MR) is 131 cm³/mol. The Kier molecular flexibility index (Phi) is 6.60. The topological polar surface area (TPSA) is 74.9 Å². The molecule has 3 heterocycles. The van der Waals surface area contributed by atoms with E-state index in [-0.39, 0.29) is 5.82 Å². The lowest BCUT2D eigenvalue weighted by molar-refractivity contribution is 0.238. The van der Waals surface area contributed by atoms with E-state index in [1.54, 1.807) is 36.3 Å². The molecule has 0 aliphatic carbocycles. The number of hydrogen-bond donors (Lipinski definition) is 2. The van der Waals surface area contributed by atoms with E-state index in [0.717, 1.165) is 42.2 Å². The predicted octanol–water partition coefficient (Wildman–Crippen LogP) is 3.48. The normalized spacial score (nSPS) is 16.7. The maximum Gasteiger partial charge on any atom is 0.168 e. The van der Waals surface area contributed by atoms with Crippen LogP contribution in [0.1, 0.15) is 24.0 Å². The SMILES string of the molecule is Cn1cc(-c2cc3c(cc2F)CCN=C3C(O)Nc2ccc(OCCN3CCCC3)cc2)cn1. The van der Waals surface area contributed by atoms with Gasteiger partial charge in [0, 0.05) is 48.7 Å². The van der Waals surface area contributed by atoms with E-state index in [9.17, 15) is 9.50 Å². The van der Waals surface area contributed by atoms with E-state index in [1.165, 1.54) is 12.8 Å². The first-order valence-electron chi connectivity index (χ1n) is 11.8. The zero-order valence-corrected chi connectivity index (χ0v) is 19.4. The van der Waals surface area contributed by atoms with Gasteiger partial charge in [0.15, 0.2) is 6.23 Å². The van der Waals surface area contributed by atoms with Gasteiger partial charge in [-0.25, -0.2) is 4.39 Å². The molecule has 0 radical (unpaired) electrons. The highest BCUT2D eigenvalue weighted by Gasteiger charge is 2.24. The number of hydrogen-bond acceptors (Lipinski definition) is 6. The molecule has 34 heavy (non-hydrogen) atoms. The van der Waals surface area contributed by atoms with Crippen molar-refractivity contribution in [1.29, 1.82) is 0 Å². The number of aliphatic hydroxyl groups excluding tert-OH is 1. The Morgan fingerprint density at radius 3 is 2.68 bits per heavy atom. The Morgan fingerprint density at radius 1 is 1.15 bits per heavy atom. The van der Waals surface area contributed by atoms with Crippen molar-refractivity contribution in [2.45, 2.75) is 25.5 Å². The summed E-state index contributed by atoms with van der Waals surface area (Å²) in [6.07, 6.45) is 5.57. The molecule has 0 saturated carbocycles. The molecule has 1 aromatic heterocycles. The number of nitrogens with one attached hydrogen (secondary N) is 1. The van der Waals surface area contributed by atoms with Crippen LogP contribution in [-0.2, 0) is 13.5 Å². The van der Waals surface area contributed by atoms with Gasteiger partial charge in [0.1, 0.15) is 18.2 Å². The second-order valence-corrected chi connectivity index (χ2v) is 8.88. The molecule has 2 aliphatic heterocycles. The molecule has 7 nitrogen and oxygen atoms in total. The summed E-state index contributed by atoms with van der Waals surface area (Å²) in [5.41, 5.74) is 4.01. The molecule has 1 saturated heterocycles. The molecule has 178 valence electrons. The maximum absolute atomic E-state index is 14.8. The number of aliphatic imine (C=N–C) groups is 1. The zero-order valence-electron chi connectivity index (χ0n) is 19.4. The van der Waals surface area contributed by atoms with Crippen LogP contribution in [0.25, 0.3) is 11.1 Å². The maximum atomic E-state index is 14.8. The van der Waals surface area contributed by atoms with E-state index in [0.29, 0.717) is 36.4 Å². The number of aliphatic hydroxyl groups is 1. The highest BCUT2D eigenvalue weighted by atomic mass is 19.1. The van der Waals surface area contributed by atoms with Crippen molar-refractivity contribution < 1.29 is 14.2 Å². The Morgan fingerprint density at radius 2 is 1.94 bits per heavy atom. The van der Waals surface area contributed by atoms with E-state index < -0.39 is 6.23 Å². The van der Waals surface area contributed by atoms with Gasteiger partial charge in [0.25, 0.3) is 0 Å². The molecule has 1 unspecified atom stereocenters. The molecule has 0 bridgehead atoms. The minimum Gasteiger partial charge on any atom is -0.492 e. The first kappa shape index (κ1) is 22.6. The van der Waals surface area contributed by atoms with Crippen molar-refractivity contribution in [3.8, 4) is 16.9 Å². The molecule has 0 amide bonds. The number of rotatable bonds is 8. The smallest absolute Gasteiger partial charge is 0.168 e. The lowest BCUT2D eigenvalue weighted by Crippen LogP contribution is -2.33. The number of fused-ring (bicyclic) bond motifs is 1. The van der Waals surface area contributed by atoms with Crippen LogP contribution in [0.3, 0.4) is 0 Å². The van der Waals surface area contributed by atoms with Crippen molar-refractivity contribution in [2.75, 3.05) is 38.1 Å². The van der Waals surface area contributed by atoms with Crippen molar-refractivity contribution >= 4 is 11.4 Å². The first-order valence-corrected chi connectivity index (χ1v) is 11.8. The highest BCUT2D eigenvalue weighted by molar-refractivity contribution is 6.07. The fourth-order valence-corrected chi connectivity index (χ4v) is 4.63. The lowest BCUT2D eigenvalue weighted by atomic mass is 9.92. The minimum atomic E-state index is -1.02. The Balaban J connectivity index is 1.26. The molecule has 2 aromatic carbocycles. The summed E-state index contributed by atoms with van der Waals surface area (Å²) in [4.78, 5) is 6.98. The number of aromatic nitrogens is 2. The quantitative estimate of drug-likeness (QED) is 0.501. The monoisotopic (exact) mass is 463 g/mol. The molecule has 1 atom stereocenters. The molecule has 5 rings (SSSR count). The molecule has 3 aromatic rings. The van der Waals surface area contributed by atoms with Gasteiger partial charge in [0.05, 0.1) is 11.9 Å². The fraction of sp³-hybridized carbons (Fsp3) is 0.385. The lowest BCUT2D eigenvalue weighted by Gasteiger charge is -2.23. The van der Waals surface area contributed by atoms with Crippen LogP contribution in [0, 0.1) is 5.82 Å². The number of aryl methyl sites for hydroxylation is 1. The number of anilines is 1. The fourth-order valence-electron chi connectivity index (χ4n) is 4.63. The molecule has 0 spiro atoms. The van der Waals surface area contributed by atoms with Crippen molar-refractivity contribution in [1.82, 2.24) is 14.7 Å². The van der Waals surface area contributed by atoms with E-state index in [4.69, 9.17) is 4.74 Å². The largest absolute Gasteiger partial charge is 0.492 e. The molecular formula is C26H30FN5O2. The molecule has 8 heteroatoms. The Labute approximate surface area is 198 Å². The van der Waals surface area contributed by atoms with Crippen LogP contribution >= 0.6 is 0 Å². The number of likely N-dealkylation sites (tertiary alicyclic amines) is 1. The molecule has 1 fully saturated rings. The third-order valence-electron chi connectivity index (χ3n) is 6.44. The van der Waals surface area contributed by atoms with Gasteiger partial charge < -0.3 is 15.2 Å². The van der Waals surface area contributed by atoms with Gasteiger partial charge >= 0.3 is 0 Å². The molecular weight excluding hydrogens is 433 g/mol. The second kappa shape index (κ2) is 9.95. The Bertz CT molecular complexity index is 1170. The average molecular weight is 464 g/mol. The minimum absolute atomic E-state index is 0.296. The van der Waals surface area contributed by atoms with Crippen molar-refractivity contribution in [2.24, 2.45) is 12.0 Å².